The predicted molar refractivity (Wildman–Crippen MR) is 140 cm³/mol. The minimum Gasteiger partial charge on any atom is -0.493 e. The van der Waals surface area contributed by atoms with Gasteiger partial charge in [0.2, 0.25) is 5.91 Å². The molecule has 4 aromatic rings. The van der Waals surface area contributed by atoms with Crippen molar-refractivity contribution in [3.8, 4) is 28.4 Å². The Bertz CT molecular complexity index is 1370. The van der Waals surface area contributed by atoms with Crippen LogP contribution in [0.15, 0.2) is 72.1 Å². The molecule has 1 amide bonds. The van der Waals surface area contributed by atoms with E-state index in [2.05, 4.69) is 10.7 Å². The third kappa shape index (κ3) is 4.85. The van der Waals surface area contributed by atoms with Crippen LogP contribution < -0.4 is 19.5 Å². The maximum Gasteiger partial charge on any atom is 0.225 e. The van der Waals surface area contributed by atoms with Gasteiger partial charge in [0, 0.05) is 33.2 Å². The maximum absolute atomic E-state index is 12.7. The lowest BCUT2D eigenvalue weighted by atomic mass is 9.89. The fourth-order valence-electron chi connectivity index (χ4n) is 4.30. The number of halogens is 1. The first kappa shape index (κ1) is 23.3. The van der Waals surface area contributed by atoms with Gasteiger partial charge < -0.3 is 19.5 Å². The Balaban J connectivity index is 1.39. The molecule has 0 radical (unpaired) electrons. The summed E-state index contributed by atoms with van der Waals surface area (Å²) in [5.41, 5.74) is 4.90. The van der Waals surface area contributed by atoms with Crippen LogP contribution in [0.25, 0.3) is 11.1 Å². The van der Waals surface area contributed by atoms with Gasteiger partial charge in [0.1, 0.15) is 12.4 Å². The molecule has 0 aliphatic carbocycles. The van der Waals surface area contributed by atoms with Gasteiger partial charge in [-0.2, -0.15) is 0 Å². The number of carbonyl (C=O) groups excluding carboxylic acids is 1. The fourth-order valence-corrected chi connectivity index (χ4v) is 5.68. The first-order valence-corrected chi connectivity index (χ1v) is 12.4. The van der Waals surface area contributed by atoms with Gasteiger partial charge >= 0.3 is 0 Å². The van der Waals surface area contributed by atoms with E-state index in [4.69, 9.17) is 25.8 Å². The molecule has 5 nitrogen and oxygen atoms in total. The van der Waals surface area contributed by atoms with E-state index >= 15 is 0 Å². The first-order chi connectivity index (χ1) is 17.1. The Labute approximate surface area is 213 Å². The lowest BCUT2D eigenvalue weighted by Crippen LogP contribution is -2.22. The van der Waals surface area contributed by atoms with E-state index in [0.29, 0.717) is 29.5 Å². The van der Waals surface area contributed by atoms with Gasteiger partial charge in [-0.05, 0) is 53.1 Å². The molecule has 0 spiro atoms. The smallest absolute Gasteiger partial charge is 0.225 e. The van der Waals surface area contributed by atoms with Crippen molar-refractivity contribution in [1.29, 1.82) is 0 Å². The average Bonchev–Trinajstić information content (AvgIpc) is 3.30. The normalized spacial score (nSPS) is 14.7. The Morgan fingerprint density at radius 2 is 1.80 bits per heavy atom. The summed E-state index contributed by atoms with van der Waals surface area (Å²) in [5, 5.41) is 5.87. The van der Waals surface area contributed by atoms with E-state index in [-0.39, 0.29) is 11.8 Å². The summed E-state index contributed by atoms with van der Waals surface area (Å²) in [4.78, 5) is 13.8. The molecule has 178 valence electrons. The van der Waals surface area contributed by atoms with Crippen LogP contribution in [0.2, 0.25) is 5.02 Å². The van der Waals surface area contributed by atoms with Crippen LogP contribution in [0.5, 0.6) is 17.2 Å². The molecule has 7 heteroatoms. The van der Waals surface area contributed by atoms with Gasteiger partial charge in [-0.1, -0.05) is 41.9 Å². The van der Waals surface area contributed by atoms with Crippen LogP contribution in [0.1, 0.15) is 28.3 Å². The third-order valence-corrected chi connectivity index (χ3v) is 7.39. The third-order valence-electron chi connectivity index (χ3n) is 6.06. The molecule has 3 aromatic carbocycles. The zero-order valence-electron chi connectivity index (χ0n) is 19.3. The zero-order chi connectivity index (χ0) is 24.4. The van der Waals surface area contributed by atoms with E-state index in [1.807, 2.05) is 66.7 Å². The summed E-state index contributed by atoms with van der Waals surface area (Å²) in [5.74, 6) is 2.08. The lowest BCUT2D eigenvalue weighted by molar-refractivity contribution is -0.116. The van der Waals surface area contributed by atoms with E-state index in [1.54, 1.807) is 25.6 Å². The van der Waals surface area contributed by atoms with Crippen molar-refractivity contribution in [3.05, 3.63) is 93.1 Å². The number of fused-ring (bicyclic) bond motifs is 1. The molecular formula is C28H24ClNO4S. The van der Waals surface area contributed by atoms with E-state index in [1.165, 1.54) is 0 Å². The molecule has 1 atom stereocenters. The molecule has 1 aliphatic heterocycles. The second kappa shape index (κ2) is 10.0. The predicted octanol–water partition coefficient (Wildman–Crippen LogP) is 7.14. The highest BCUT2D eigenvalue weighted by Gasteiger charge is 2.30. The number of ether oxygens (including phenoxy) is 3. The van der Waals surface area contributed by atoms with Crippen LogP contribution in [0.4, 0.5) is 5.69 Å². The minimum atomic E-state index is -0.0142. The summed E-state index contributed by atoms with van der Waals surface area (Å²) in [6.07, 6.45) is 0.404. The SMILES string of the molecule is COc1ccc(-c2csc3c2NC(=O)C[C@H]3c2ccc(OCc3cccc(Cl)c3)cc2)cc1OC. The van der Waals surface area contributed by atoms with Crippen LogP contribution in [-0.2, 0) is 11.4 Å². The van der Waals surface area contributed by atoms with Gasteiger partial charge in [0.05, 0.1) is 19.9 Å². The number of hydrogen-bond acceptors (Lipinski definition) is 5. The van der Waals surface area contributed by atoms with Gasteiger partial charge in [-0.15, -0.1) is 11.3 Å². The van der Waals surface area contributed by atoms with E-state index < -0.39 is 0 Å². The standard InChI is InChI=1S/C28H24ClNO4S/c1-32-24-11-8-19(13-25(24)33-2)23-16-35-28-22(14-26(31)30-27(23)28)18-6-9-21(10-7-18)34-15-17-4-3-5-20(29)12-17/h3-13,16,22H,14-15H2,1-2H3,(H,30,31)/t22-/m0/s1. The van der Waals surface area contributed by atoms with Crippen molar-refractivity contribution >= 4 is 34.5 Å². The fraction of sp³-hybridized carbons (Fsp3) is 0.179. The number of thiophene rings is 1. The average molecular weight is 506 g/mol. The Morgan fingerprint density at radius 3 is 2.54 bits per heavy atom. The van der Waals surface area contributed by atoms with Crippen LogP contribution in [0, 0.1) is 0 Å². The molecular weight excluding hydrogens is 482 g/mol. The summed E-state index contributed by atoms with van der Waals surface area (Å²) < 4.78 is 16.8. The van der Waals surface area contributed by atoms with Crippen molar-refractivity contribution in [3.63, 3.8) is 0 Å². The quantitative estimate of drug-likeness (QED) is 0.290. The van der Waals surface area contributed by atoms with Gasteiger partial charge in [0.25, 0.3) is 0 Å². The van der Waals surface area contributed by atoms with E-state index in [0.717, 1.165) is 38.6 Å². The summed E-state index contributed by atoms with van der Waals surface area (Å²) >= 11 is 7.71. The topological polar surface area (TPSA) is 56.8 Å². The molecule has 2 heterocycles. The number of methoxy groups -OCH3 is 2. The molecule has 1 N–H and O–H groups in total. The molecule has 0 saturated heterocycles. The highest BCUT2D eigenvalue weighted by atomic mass is 35.5. The molecule has 0 bridgehead atoms. The van der Waals surface area contributed by atoms with Gasteiger partial charge in [0.15, 0.2) is 11.5 Å². The number of anilines is 1. The number of carbonyl (C=O) groups is 1. The summed E-state index contributed by atoms with van der Waals surface area (Å²) in [6.45, 7) is 0.440. The molecule has 1 aromatic heterocycles. The van der Waals surface area contributed by atoms with Crippen molar-refractivity contribution < 1.29 is 19.0 Å². The van der Waals surface area contributed by atoms with E-state index in [9.17, 15) is 4.79 Å². The molecule has 0 fully saturated rings. The number of amides is 1. The Hall–Kier alpha value is -3.48. The van der Waals surface area contributed by atoms with Crippen LogP contribution in [-0.4, -0.2) is 20.1 Å². The van der Waals surface area contributed by atoms with Crippen molar-refractivity contribution in [2.24, 2.45) is 0 Å². The Kier molecular flexibility index (Phi) is 6.66. The van der Waals surface area contributed by atoms with Gasteiger partial charge in [-0.25, -0.2) is 0 Å². The number of rotatable bonds is 7. The summed E-state index contributed by atoms with van der Waals surface area (Å²) in [7, 11) is 3.23. The van der Waals surface area contributed by atoms with Crippen molar-refractivity contribution in [2.75, 3.05) is 19.5 Å². The van der Waals surface area contributed by atoms with Crippen molar-refractivity contribution in [1.82, 2.24) is 0 Å². The summed E-state index contributed by atoms with van der Waals surface area (Å²) in [6, 6.07) is 21.4. The molecule has 1 aliphatic rings. The first-order valence-electron chi connectivity index (χ1n) is 11.2. The minimum absolute atomic E-state index is 0.00362. The van der Waals surface area contributed by atoms with Crippen LogP contribution >= 0.6 is 22.9 Å². The monoisotopic (exact) mass is 505 g/mol. The maximum atomic E-state index is 12.7. The number of hydrogen-bond donors (Lipinski definition) is 1. The molecule has 5 rings (SSSR count). The second-order valence-corrected chi connectivity index (χ2v) is 9.60. The number of benzene rings is 3. The highest BCUT2D eigenvalue weighted by Crippen LogP contribution is 2.47. The second-order valence-electron chi connectivity index (χ2n) is 8.25. The molecule has 35 heavy (non-hydrogen) atoms. The lowest BCUT2D eigenvalue weighted by Gasteiger charge is -2.24. The highest BCUT2D eigenvalue weighted by molar-refractivity contribution is 7.11. The number of nitrogens with one attached hydrogen (secondary N) is 1. The van der Waals surface area contributed by atoms with Crippen LogP contribution in [0.3, 0.4) is 0 Å². The Morgan fingerprint density at radius 1 is 1.00 bits per heavy atom. The van der Waals surface area contributed by atoms with Gasteiger partial charge in [-0.3, -0.25) is 4.79 Å². The zero-order valence-corrected chi connectivity index (χ0v) is 20.9. The van der Waals surface area contributed by atoms with Crippen molar-refractivity contribution in [2.45, 2.75) is 18.9 Å². The molecule has 0 unspecified atom stereocenters. The molecule has 0 saturated carbocycles. The largest absolute Gasteiger partial charge is 0.493 e.